The predicted octanol–water partition coefficient (Wildman–Crippen LogP) is 4.82. The Hall–Kier alpha value is -3.77. The molecule has 2 heterocycles. The van der Waals surface area contributed by atoms with Gasteiger partial charge in [-0.25, -0.2) is 22.6 Å². The van der Waals surface area contributed by atoms with E-state index in [9.17, 15) is 17.6 Å². The third-order valence-electron chi connectivity index (χ3n) is 5.95. The van der Waals surface area contributed by atoms with Gasteiger partial charge in [0.2, 0.25) is 5.95 Å². The molecule has 208 valence electrons. The fourth-order valence-corrected chi connectivity index (χ4v) is 5.12. The Kier molecular flexibility index (Phi) is 8.66. The molecule has 0 aliphatic carbocycles. The highest BCUT2D eigenvalue weighted by atomic mass is 32.2. The van der Waals surface area contributed by atoms with Crippen LogP contribution in [0.1, 0.15) is 33.6 Å². The largest absolute Gasteiger partial charge is 0.444 e. The van der Waals surface area contributed by atoms with Crippen molar-refractivity contribution in [1.29, 1.82) is 0 Å². The minimum atomic E-state index is -3.56. The van der Waals surface area contributed by atoms with Crippen LogP contribution in [0.2, 0.25) is 0 Å². The van der Waals surface area contributed by atoms with Crippen LogP contribution < -0.4 is 16.0 Å². The van der Waals surface area contributed by atoms with Gasteiger partial charge < -0.3 is 25.6 Å². The summed E-state index contributed by atoms with van der Waals surface area (Å²) in [4.78, 5) is 22.7. The maximum atomic E-state index is 13.1. The maximum Gasteiger partial charge on any atom is 0.410 e. The molecule has 3 N–H and O–H groups in total. The zero-order valence-corrected chi connectivity index (χ0v) is 23.0. The number of nitrogens with zero attached hydrogens (tertiary/aromatic N) is 3. The molecular weight excluding hydrogens is 523 g/mol. The molecule has 1 saturated heterocycles. The van der Waals surface area contributed by atoms with E-state index >= 15 is 0 Å². The third kappa shape index (κ3) is 8.36. The topological polar surface area (TPSA) is 126 Å². The number of carbonyl (C=O) groups excluding carboxylic acids is 1. The molecule has 12 heteroatoms. The number of aromatic nitrogens is 2. The molecule has 1 aliphatic rings. The molecule has 0 atom stereocenters. The van der Waals surface area contributed by atoms with Crippen molar-refractivity contribution >= 4 is 39.1 Å². The van der Waals surface area contributed by atoms with E-state index in [0.717, 1.165) is 0 Å². The minimum Gasteiger partial charge on any atom is -0.444 e. The van der Waals surface area contributed by atoms with Gasteiger partial charge in [0.05, 0.1) is 4.90 Å². The zero-order valence-electron chi connectivity index (χ0n) is 22.1. The van der Waals surface area contributed by atoms with E-state index in [0.29, 0.717) is 49.1 Å². The summed E-state index contributed by atoms with van der Waals surface area (Å²) >= 11 is 0. The van der Waals surface area contributed by atoms with Gasteiger partial charge in [-0.2, -0.15) is 4.98 Å². The van der Waals surface area contributed by atoms with E-state index < -0.39 is 15.4 Å². The van der Waals surface area contributed by atoms with Crippen LogP contribution in [0, 0.1) is 5.82 Å². The lowest BCUT2D eigenvalue weighted by Gasteiger charge is -2.33. The van der Waals surface area contributed by atoms with E-state index in [-0.39, 0.29) is 28.7 Å². The molecule has 2 aromatic carbocycles. The second-order valence-corrected chi connectivity index (χ2v) is 12.2. The number of hydrogen-bond donors (Lipinski definition) is 3. The van der Waals surface area contributed by atoms with Gasteiger partial charge in [-0.15, -0.1) is 0 Å². The number of sulfone groups is 1. The molecule has 3 aromatic rings. The second kappa shape index (κ2) is 12.0. The van der Waals surface area contributed by atoms with E-state index in [1.54, 1.807) is 41.4 Å². The molecule has 1 aromatic heterocycles. The molecule has 0 bridgehead atoms. The summed E-state index contributed by atoms with van der Waals surface area (Å²) in [6.07, 6.45) is 2.52. The number of nitrogens with one attached hydrogen (secondary N) is 3. The lowest BCUT2D eigenvalue weighted by atomic mass is 10.1. The van der Waals surface area contributed by atoms with Crippen LogP contribution in [0.25, 0.3) is 0 Å². The molecule has 4 rings (SSSR count). The fraction of sp³-hybridized carbons (Fsp3) is 0.370. The molecule has 0 spiro atoms. The number of piperidine rings is 1. The van der Waals surface area contributed by atoms with Crippen LogP contribution in [0.3, 0.4) is 0 Å². The van der Waals surface area contributed by atoms with E-state index in [2.05, 4.69) is 25.9 Å². The number of likely N-dealkylation sites (tertiary alicyclic amines) is 1. The third-order valence-corrected chi connectivity index (χ3v) is 7.49. The van der Waals surface area contributed by atoms with E-state index in [1.165, 1.54) is 24.3 Å². The first-order chi connectivity index (χ1) is 18.5. The van der Waals surface area contributed by atoms with Crippen LogP contribution in [0.15, 0.2) is 65.7 Å². The lowest BCUT2D eigenvalue weighted by Crippen LogP contribution is -2.47. The van der Waals surface area contributed by atoms with Gasteiger partial charge >= 0.3 is 6.09 Å². The average molecular weight is 557 g/mol. The Morgan fingerprint density at radius 2 is 1.62 bits per heavy atom. The molecule has 39 heavy (non-hydrogen) atoms. The number of halogens is 1. The molecular formula is C27H33FN6O4S. The van der Waals surface area contributed by atoms with Gasteiger partial charge in [-0.1, -0.05) is 0 Å². The van der Waals surface area contributed by atoms with Crippen LogP contribution in [-0.4, -0.2) is 60.0 Å². The smallest absolute Gasteiger partial charge is 0.410 e. The lowest BCUT2D eigenvalue weighted by molar-refractivity contribution is 0.0199. The summed E-state index contributed by atoms with van der Waals surface area (Å²) < 4.78 is 44.3. The average Bonchev–Trinajstić information content (AvgIpc) is 2.89. The van der Waals surface area contributed by atoms with Gasteiger partial charge in [0.1, 0.15) is 23.1 Å². The first-order valence-corrected chi connectivity index (χ1v) is 14.3. The number of rotatable bonds is 8. The predicted molar refractivity (Wildman–Crippen MR) is 147 cm³/mol. The van der Waals surface area contributed by atoms with Gasteiger partial charge in [-0.05, 0) is 88.2 Å². The molecule has 1 amide bonds. The van der Waals surface area contributed by atoms with Crippen molar-refractivity contribution in [2.75, 3.05) is 29.6 Å². The fourth-order valence-electron chi connectivity index (χ4n) is 3.95. The summed E-state index contributed by atoms with van der Waals surface area (Å²) in [6.45, 7) is 6.50. The Morgan fingerprint density at radius 1 is 1.00 bits per heavy atom. The monoisotopic (exact) mass is 556 g/mol. The first kappa shape index (κ1) is 28.2. The minimum absolute atomic E-state index is 0.00709. The Bertz CT molecular complexity index is 1370. The molecule has 0 radical (unpaired) electrons. The second-order valence-electron chi connectivity index (χ2n) is 10.3. The van der Waals surface area contributed by atoms with Crippen molar-refractivity contribution in [1.82, 2.24) is 20.2 Å². The summed E-state index contributed by atoms with van der Waals surface area (Å²) in [7, 11) is -3.56. The van der Waals surface area contributed by atoms with Crippen LogP contribution in [0.5, 0.6) is 0 Å². The van der Waals surface area contributed by atoms with Crippen LogP contribution >= 0.6 is 0 Å². The van der Waals surface area contributed by atoms with Crippen molar-refractivity contribution in [3.8, 4) is 0 Å². The standard InChI is InChI=1S/C27H33FN6O4S/c1-27(2,3)38-26(35)34-16-13-20(14-17-34)30-18-39(36,37)23-10-8-22(9-11-23)32-25-29-15-12-24(33-25)31-21-6-4-19(28)5-7-21/h4-12,15,20,30H,13-14,16-18H2,1-3H3,(H2,29,31,32,33). The maximum absolute atomic E-state index is 13.1. The van der Waals surface area contributed by atoms with Crippen molar-refractivity contribution < 1.29 is 22.3 Å². The molecule has 10 nitrogen and oxygen atoms in total. The first-order valence-electron chi connectivity index (χ1n) is 12.6. The van der Waals surface area contributed by atoms with Crippen molar-refractivity contribution in [2.45, 2.75) is 50.2 Å². The molecule has 1 fully saturated rings. The van der Waals surface area contributed by atoms with Gasteiger partial charge in [0.15, 0.2) is 9.84 Å². The Labute approximate surface area is 227 Å². The van der Waals surface area contributed by atoms with Crippen molar-refractivity contribution in [3.05, 3.63) is 66.6 Å². The Morgan fingerprint density at radius 3 is 2.26 bits per heavy atom. The highest BCUT2D eigenvalue weighted by Crippen LogP contribution is 2.21. The number of amides is 1. The summed E-state index contributed by atoms with van der Waals surface area (Å²) in [5.74, 6) is 0.308. The normalized spacial score (nSPS) is 14.6. The summed E-state index contributed by atoms with van der Waals surface area (Å²) in [5.41, 5.74) is 0.748. The highest BCUT2D eigenvalue weighted by Gasteiger charge is 2.27. The number of hydrogen-bond acceptors (Lipinski definition) is 9. The van der Waals surface area contributed by atoms with Gasteiger partial charge in [0, 0.05) is 36.7 Å². The number of anilines is 4. The quantitative estimate of drug-likeness (QED) is 0.358. The zero-order chi connectivity index (χ0) is 28.0. The van der Waals surface area contributed by atoms with Crippen molar-refractivity contribution in [2.24, 2.45) is 0 Å². The van der Waals surface area contributed by atoms with Gasteiger partial charge in [0.25, 0.3) is 0 Å². The summed E-state index contributed by atoms with van der Waals surface area (Å²) in [6, 6.07) is 13.9. The number of carbonyl (C=O) groups is 1. The molecule has 1 aliphatic heterocycles. The van der Waals surface area contributed by atoms with E-state index in [1.807, 2.05) is 20.8 Å². The van der Waals surface area contributed by atoms with Crippen molar-refractivity contribution in [3.63, 3.8) is 0 Å². The van der Waals surface area contributed by atoms with Crippen LogP contribution in [0.4, 0.5) is 32.3 Å². The molecule has 0 unspecified atom stereocenters. The summed E-state index contributed by atoms with van der Waals surface area (Å²) in [5, 5.41) is 9.25. The number of benzene rings is 2. The van der Waals surface area contributed by atoms with Gasteiger partial charge in [-0.3, -0.25) is 0 Å². The number of ether oxygens (including phenoxy) is 1. The Balaban J connectivity index is 1.28. The SMILES string of the molecule is CC(C)(C)OC(=O)N1CCC(NCS(=O)(=O)c2ccc(Nc3nccc(Nc4ccc(F)cc4)n3)cc2)CC1. The molecule has 0 saturated carbocycles. The van der Waals surface area contributed by atoms with E-state index in [4.69, 9.17) is 4.74 Å². The van der Waals surface area contributed by atoms with Crippen LogP contribution in [-0.2, 0) is 14.6 Å². The highest BCUT2D eigenvalue weighted by molar-refractivity contribution is 7.91.